The molecule has 9 nitrogen and oxygen atoms in total. The Morgan fingerprint density at radius 1 is 0.909 bits per heavy atom. The number of hydrogen-bond donors (Lipinski definition) is 2. The standard InChI is InChI=1S/C24H21N3O6/c1-15-6-3-11-21(16(15)2)26-22(28)14-33-24(30)18-8-4-9-19(12-18)25-23(29)17-7-5-10-20(13-17)27(31)32/h3-13H,14H2,1-2H3,(H,25,29)(H,26,28). The van der Waals surface area contributed by atoms with Crippen LogP contribution in [0.15, 0.2) is 66.7 Å². The highest BCUT2D eigenvalue weighted by molar-refractivity contribution is 6.05. The lowest BCUT2D eigenvalue weighted by molar-refractivity contribution is -0.384. The lowest BCUT2D eigenvalue weighted by atomic mass is 10.1. The van der Waals surface area contributed by atoms with E-state index >= 15 is 0 Å². The Bertz CT molecular complexity index is 1240. The van der Waals surface area contributed by atoms with Crippen molar-refractivity contribution in [3.05, 3.63) is 99.1 Å². The van der Waals surface area contributed by atoms with Crippen LogP contribution < -0.4 is 10.6 Å². The van der Waals surface area contributed by atoms with Gasteiger partial charge in [0.2, 0.25) is 0 Å². The van der Waals surface area contributed by atoms with Gasteiger partial charge in [-0.25, -0.2) is 4.79 Å². The van der Waals surface area contributed by atoms with Crippen LogP contribution in [0, 0.1) is 24.0 Å². The number of nitro benzene ring substituents is 1. The second-order valence-corrected chi connectivity index (χ2v) is 7.21. The van der Waals surface area contributed by atoms with Crippen molar-refractivity contribution in [3.63, 3.8) is 0 Å². The van der Waals surface area contributed by atoms with Gasteiger partial charge in [0.25, 0.3) is 17.5 Å². The molecular weight excluding hydrogens is 426 g/mol. The molecule has 2 amide bonds. The number of rotatable bonds is 7. The van der Waals surface area contributed by atoms with Gasteiger partial charge >= 0.3 is 5.97 Å². The maximum absolute atomic E-state index is 12.4. The molecule has 3 aromatic rings. The molecule has 0 saturated carbocycles. The number of amides is 2. The molecule has 0 bridgehead atoms. The second-order valence-electron chi connectivity index (χ2n) is 7.21. The van der Waals surface area contributed by atoms with Crippen molar-refractivity contribution in [1.29, 1.82) is 0 Å². The van der Waals surface area contributed by atoms with Gasteiger partial charge in [0.05, 0.1) is 10.5 Å². The number of ether oxygens (including phenoxy) is 1. The van der Waals surface area contributed by atoms with Crippen LogP contribution in [-0.4, -0.2) is 29.3 Å². The number of esters is 1. The Hall–Kier alpha value is -4.53. The molecule has 0 aliphatic carbocycles. The minimum atomic E-state index is -0.738. The summed E-state index contributed by atoms with van der Waals surface area (Å²) >= 11 is 0. The van der Waals surface area contributed by atoms with Crippen molar-refractivity contribution in [1.82, 2.24) is 0 Å². The van der Waals surface area contributed by atoms with Gasteiger partial charge in [-0.3, -0.25) is 19.7 Å². The monoisotopic (exact) mass is 447 g/mol. The summed E-state index contributed by atoms with van der Waals surface area (Å²) in [4.78, 5) is 47.2. The first-order valence-corrected chi connectivity index (χ1v) is 9.93. The highest BCUT2D eigenvalue weighted by Gasteiger charge is 2.15. The zero-order valence-electron chi connectivity index (χ0n) is 18.0. The van der Waals surface area contributed by atoms with E-state index < -0.39 is 29.3 Å². The number of nitro groups is 1. The SMILES string of the molecule is Cc1cccc(NC(=O)COC(=O)c2cccc(NC(=O)c3cccc([N+](=O)[O-])c3)c2)c1C. The van der Waals surface area contributed by atoms with Crippen LogP contribution in [0.3, 0.4) is 0 Å². The summed E-state index contributed by atoms with van der Waals surface area (Å²) in [5, 5.41) is 16.2. The molecule has 0 aliphatic rings. The van der Waals surface area contributed by atoms with Crippen molar-refractivity contribution in [2.24, 2.45) is 0 Å². The number of carbonyl (C=O) groups is 3. The Labute approximate surface area is 189 Å². The first-order valence-electron chi connectivity index (χ1n) is 9.93. The molecular formula is C24H21N3O6. The number of aryl methyl sites for hydroxylation is 1. The average Bonchev–Trinajstić information content (AvgIpc) is 2.80. The number of anilines is 2. The molecule has 0 heterocycles. The van der Waals surface area contributed by atoms with Crippen LogP contribution in [0.2, 0.25) is 0 Å². The number of benzene rings is 3. The molecule has 9 heteroatoms. The lowest BCUT2D eigenvalue weighted by Crippen LogP contribution is -2.21. The van der Waals surface area contributed by atoms with Crippen molar-refractivity contribution in [2.45, 2.75) is 13.8 Å². The van der Waals surface area contributed by atoms with Crippen LogP contribution >= 0.6 is 0 Å². The van der Waals surface area contributed by atoms with E-state index in [1.807, 2.05) is 26.0 Å². The van der Waals surface area contributed by atoms with Crippen LogP contribution in [0.25, 0.3) is 0 Å². The summed E-state index contributed by atoms with van der Waals surface area (Å²) in [5.41, 5.74) is 2.90. The number of non-ortho nitro benzene ring substituents is 1. The summed E-state index contributed by atoms with van der Waals surface area (Å²) in [6.07, 6.45) is 0. The zero-order valence-corrected chi connectivity index (χ0v) is 18.0. The molecule has 3 aromatic carbocycles. The largest absolute Gasteiger partial charge is 0.452 e. The first-order chi connectivity index (χ1) is 15.7. The molecule has 168 valence electrons. The predicted octanol–water partition coefficient (Wildman–Crippen LogP) is 4.26. The van der Waals surface area contributed by atoms with Crippen molar-refractivity contribution in [3.8, 4) is 0 Å². The fourth-order valence-corrected chi connectivity index (χ4v) is 2.98. The van der Waals surface area contributed by atoms with Crippen LogP contribution in [0.5, 0.6) is 0 Å². The van der Waals surface area contributed by atoms with Crippen LogP contribution in [-0.2, 0) is 9.53 Å². The van der Waals surface area contributed by atoms with Gasteiger partial charge in [-0.15, -0.1) is 0 Å². The smallest absolute Gasteiger partial charge is 0.338 e. The first kappa shape index (κ1) is 23.1. The molecule has 0 aliphatic heterocycles. The van der Waals surface area contributed by atoms with E-state index in [1.165, 1.54) is 36.4 Å². The van der Waals surface area contributed by atoms with Crippen LogP contribution in [0.4, 0.5) is 17.1 Å². The zero-order chi connectivity index (χ0) is 24.0. The molecule has 0 fully saturated rings. The van der Waals surface area contributed by atoms with E-state index in [0.717, 1.165) is 17.2 Å². The van der Waals surface area contributed by atoms with Crippen molar-refractivity contribution >= 4 is 34.8 Å². The Kier molecular flexibility index (Phi) is 7.14. The summed E-state index contributed by atoms with van der Waals surface area (Å²) in [5.74, 6) is -1.79. The van der Waals surface area contributed by atoms with E-state index in [4.69, 9.17) is 4.74 Å². The average molecular weight is 447 g/mol. The number of nitrogens with one attached hydrogen (secondary N) is 2. The quantitative estimate of drug-likeness (QED) is 0.316. The maximum atomic E-state index is 12.4. The van der Waals surface area contributed by atoms with Gasteiger partial charge < -0.3 is 15.4 Å². The Balaban J connectivity index is 1.60. The van der Waals surface area contributed by atoms with E-state index in [9.17, 15) is 24.5 Å². The Morgan fingerprint density at radius 3 is 2.36 bits per heavy atom. The van der Waals surface area contributed by atoms with Gasteiger partial charge in [-0.05, 0) is 55.3 Å². The summed E-state index contributed by atoms with van der Waals surface area (Å²) in [6.45, 7) is 3.33. The fraction of sp³-hybridized carbons (Fsp3) is 0.125. The fourth-order valence-electron chi connectivity index (χ4n) is 2.98. The summed E-state index contributed by atoms with van der Waals surface area (Å²) in [7, 11) is 0. The van der Waals surface area contributed by atoms with Gasteiger partial charge in [0, 0.05) is 29.1 Å². The van der Waals surface area contributed by atoms with Crippen molar-refractivity contribution < 1.29 is 24.0 Å². The third-order valence-corrected chi connectivity index (χ3v) is 4.89. The third-order valence-electron chi connectivity index (χ3n) is 4.89. The van der Waals surface area contributed by atoms with Gasteiger partial charge in [-0.2, -0.15) is 0 Å². The second kappa shape index (κ2) is 10.2. The van der Waals surface area contributed by atoms with Gasteiger partial charge in [0.15, 0.2) is 6.61 Å². The maximum Gasteiger partial charge on any atom is 0.338 e. The minimum Gasteiger partial charge on any atom is -0.452 e. The Morgan fingerprint density at radius 2 is 1.61 bits per heavy atom. The van der Waals surface area contributed by atoms with Gasteiger partial charge in [0.1, 0.15) is 0 Å². The highest BCUT2D eigenvalue weighted by atomic mass is 16.6. The molecule has 3 rings (SSSR count). The molecule has 0 saturated heterocycles. The molecule has 0 aromatic heterocycles. The van der Waals surface area contributed by atoms with E-state index in [2.05, 4.69) is 10.6 Å². The third kappa shape index (κ3) is 6.01. The van der Waals surface area contributed by atoms with E-state index in [-0.39, 0.29) is 16.8 Å². The van der Waals surface area contributed by atoms with E-state index in [0.29, 0.717) is 11.4 Å². The summed E-state index contributed by atoms with van der Waals surface area (Å²) < 4.78 is 5.08. The topological polar surface area (TPSA) is 128 Å². The number of hydrogen-bond acceptors (Lipinski definition) is 6. The van der Waals surface area contributed by atoms with E-state index in [1.54, 1.807) is 12.1 Å². The highest BCUT2D eigenvalue weighted by Crippen LogP contribution is 2.19. The molecule has 2 N–H and O–H groups in total. The van der Waals surface area contributed by atoms with Crippen LogP contribution in [0.1, 0.15) is 31.8 Å². The predicted molar refractivity (Wildman–Crippen MR) is 122 cm³/mol. The number of nitrogens with zero attached hydrogens (tertiary/aromatic N) is 1. The van der Waals surface area contributed by atoms with Gasteiger partial charge in [-0.1, -0.05) is 24.3 Å². The molecule has 0 unspecified atom stereocenters. The lowest BCUT2D eigenvalue weighted by Gasteiger charge is -2.11. The minimum absolute atomic E-state index is 0.0975. The summed E-state index contributed by atoms with van der Waals surface area (Å²) in [6, 6.07) is 16.7. The molecule has 0 spiro atoms. The molecule has 33 heavy (non-hydrogen) atoms. The molecule has 0 radical (unpaired) electrons. The normalized spacial score (nSPS) is 10.2. The number of carbonyl (C=O) groups excluding carboxylic acids is 3. The van der Waals surface area contributed by atoms with Crippen molar-refractivity contribution in [2.75, 3.05) is 17.2 Å². The molecule has 0 atom stereocenters.